The number of aryl methyl sites for hydroxylation is 2. The molecule has 4 nitrogen and oxygen atoms in total. The molecule has 0 fully saturated rings. The molecule has 0 saturated carbocycles. The van der Waals surface area contributed by atoms with Gasteiger partial charge in [-0.3, -0.25) is 8.89 Å². The number of rotatable bonds is 3. The van der Waals surface area contributed by atoms with Gasteiger partial charge in [0, 0.05) is 23.0 Å². The third-order valence-electron chi connectivity index (χ3n) is 3.55. The van der Waals surface area contributed by atoms with Gasteiger partial charge < -0.3 is 5.73 Å². The fraction of sp³-hybridized carbons (Fsp3) is 0.188. The lowest BCUT2D eigenvalue weighted by Crippen LogP contribution is -2.01. The average Bonchev–Trinajstić information content (AvgIpc) is 2.76. The zero-order valence-electron chi connectivity index (χ0n) is 12.0. The van der Waals surface area contributed by atoms with Crippen molar-refractivity contribution in [3.8, 4) is 0 Å². The minimum absolute atomic E-state index is 0.409. The van der Waals surface area contributed by atoms with Crippen LogP contribution in [0.3, 0.4) is 0 Å². The van der Waals surface area contributed by atoms with E-state index in [9.17, 15) is 4.21 Å². The van der Waals surface area contributed by atoms with Crippen LogP contribution in [0.2, 0.25) is 0 Å². The quantitative estimate of drug-likeness (QED) is 0.756. The van der Waals surface area contributed by atoms with Gasteiger partial charge in [0.15, 0.2) is 0 Å². The molecule has 0 spiro atoms. The Morgan fingerprint density at radius 3 is 2.76 bits per heavy atom. The van der Waals surface area contributed by atoms with Gasteiger partial charge in [0.25, 0.3) is 0 Å². The Labute approximate surface area is 126 Å². The van der Waals surface area contributed by atoms with Gasteiger partial charge >= 0.3 is 0 Å². The lowest BCUT2D eigenvalue weighted by Gasteiger charge is -2.06. The van der Waals surface area contributed by atoms with E-state index in [0.717, 1.165) is 27.1 Å². The molecule has 1 heterocycles. The van der Waals surface area contributed by atoms with Crippen molar-refractivity contribution < 1.29 is 4.21 Å². The number of fused-ring (bicyclic) bond motifs is 1. The molecule has 0 saturated heterocycles. The number of aromatic nitrogens is 2. The summed E-state index contributed by atoms with van der Waals surface area (Å²) >= 11 is 0. The smallest absolute Gasteiger partial charge is 0.0831 e. The maximum absolute atomic E-state index is 12.6. The second-order valence-electron chi connectivity index (χ2n) is 5.10. The number of nitrogen functional groups attached to an aromatic ring is 1. The number of nitrogens with two attached hydrogens (primary N) is 1. The van der Waals surface area contributed by atoms with E-state index in [1.54, 1.807) is 6.07 Å². The highest BCUT2D eigenvalue weighted by molar-refractivity contribution is 7.84. The fourth-order valence-corrected chi connectivity index (χ4v) is 3.78. The standard InChI is InChI=1S/C16H17N3OS/c1-11-9-12(17)7-8-16(11)21(20)10-14-13-5-3-4-6-15(13)19(2)18-14/h3-9H,10,17H2,1-2H3. The Morgan fingerprint density at radius 2 is 2.00 bits per heavy atom. The van der Waals surface area contributed by atoms with Crippen LogP contribution in [0.1, 0.15) is 11.3 Å². The normalized spacial score (nSPS) is 12.7. The Morgan fingerprint density at radius 1 is 1.24 bits per heavy atom. The monoisotopic (exact) mass is 299 g/mol. The van der Waals surface area contributed by atoms with Crippen LogP contribution in [0.5, 0.6) is 0 Å². The largest absolute Gasteiger partial charge is 0.399 e. The van der Waals surface area contributed by atoms with E-state index in [1.807, 2.05) is 55.1 Å². The maximum Gasteiger partial charge on any atom is 0.0831 e. The summed E-state index contributed by atoms with van der Waals surface area (Å²) in [7, 11) is 0.778. The van der Waals surface area contributed by atoms with Crippen LogP contribution in [-0.4, -0.2) is 14.0 Å². The fourth-order valence-electron chi connectivity index (χ4n) is 2.53. The summed E-state index contributed by atoms with van der Waals surface area (Å²) in [6.07, 6.45) is 0. The summed E-state index contributed by atoms with van der Waals surface area (Å²) in [5.74, 6) is 0.409. The highest BCUT2D eigenvalue weighted by Gasteiger charge is 2.14. The van der Waals surface area contributed by atoms with E-state index in [4.69, 9.17) is 5.73 Å². The third-order valence-corrected chi connectivity index (χ3v) is 5.03. The molecular formula is C16H17N3OS. The van der Waals surface area contributed by atoms with Gasteiger partial charge in [0.1, 0.15) is 0 Å². The zero-order valence-corrected chi connectivity index (χ0v) is 12.9. The van der Waals surface area contributed by atoms with Gasteiger partial charge in [0.05, 0.1) is 27.8 Å². The van der Waals surface area contributed by atoms with E-state index in [1.165, 1.54) is 0 Å². The van der Waals surface area contributed by atoms with Gasteiger partial charge in [-0.25, -0.2) is 0 Å². The highest BCUT2D eigenvalue weighted by atomic mass is 32.2. The topological polar surface area (TPSA) is 60.9 Å². The zero-order chi connectivity index (χ0) is 15.0. The second kappa shape index (κ2) is 5.33. The maximum atomic E-state index is 12.6. The summed E-state index contributed by atoms with van der Waals surface area (Å²) in [4.78, 5) is 0.818. The van der Waals surface area contributed by atoms with E-state index < -0.39 is 10.8 Å². The lowest BCUT2D eigenvalue weighted by atomic mass is 10.2. The van der Waals surface area contributed by atoms with Crippen molar-refractivity contribution in [1.29, 1.82) is 0 Å². The van der Waals surface area contributed by atoms with Crippen LogP contribution in [0.25, 0.3) is 10.9 Å². The van der Waals surface area contributed by atoms with Crippen LogP contribution >= 0.6 is 0 Å². The van der Waals surface area contributed by atoms with Gasteiger partial charge in [-0.2, -0.15) is 5.10 Å². The summed E-state index contributed by atoms with van der Waals surface area (Å²) in [5, 5.41) is 5.56. The molecular weight excluding hydrogens is 282 g/mol. The van der Waals surface area contributed by atoms with Crippen molar-refractivity contribution in [1.82, 2.24) is 9.78 Å². The molecule has 1 aromatic heterocycles. The molecule has 108 valence electrons. The number of hydrogen-bond acceptors (Lipinski definition) is 3. The molecule has 3 aromatic rings. The summed E-state index contributed by atoms with van der Waals surface area (Å²) in [5.41, 5.74) is 9.30. The van der Waals surface area contributed by atoms with Crippen molar-refractivity contribution in [2.75, 3.05) is 5.73 Å². The van der Waals surface area contributed by atoms with Crippen LogP contribution in [0.15, 0.2) is 47.4 Å². The number of hydrogen-bond donors (Lipinski definition) is 1. The average molecular weight is 299 g/mol. The van der Waals surface area contributed by atoms with Crippen LogP contribution in [-0.2, 0) is 23.6 Å². The Kier molecular flexibility index (Phi) is 3.51. The first-order valence-corrected chi connectivity index (χ1v) is 8.03. The van der Waals surface area contributed by atoms with Crippen molar-refractivity contribution in [3.05, 3.63) is 53.7 Å². The molecule has 0 aliphatic carbocycles. The molecule has 1 unspecified atom stereocenters. The van der Waals surface area contributed by atoms with Crippen LogP contribution in [0, 0.1) is 6.92 Å². The molecule has 0 aliphatic rings. The van der Waals surface area contributed by atoms with Crippen LogP contribution < -0.4 is 5.73 Å². The van der Waals surface area contributed by atoms with Crippen molar-refractivity contribution in [3.63, 3.8) is 0 Å². The summed E-state index contributed by atoms with van der Waals surface area (Å²) in [6, 6.07) is 13.5. The Hall–Kier alpha value is -2.14. The number of benzene rings is 2. The highest BCUT2D eigenvalue weighted by Crippen LogP contribution is 2.23. The predicted molar refractivity (Wildman–Crippen MR) is 86.4 cm³/mol. The lowest BCUT2D eigenvalue weighted by molar-refractivity contribution is 0.680. The third kappa shape index (κ3) is 2.56. The second-order valence-corrected chi connectivity index (χ2v) is 6.52. The van der Waals surface area contributed by atoms with E-state index >= 15 is 0 Å². The molecule has 21 heavy (non-hydrogen) atoms. The minimum atomic E-state index is -1.13. The number of nitrogens with zero attached hydrogens (tertiary/aromatic N) is 2. The first kappa shape index (κ1) is 13.8. The van der Waals surface area contributed by atoms with Gasteiger partial charge in [-0.1, -0.05) is 18.2 Å². The van der Waals surface area contributed by atoms with Gasteiger partial charge in [0.2, 0.25) is 0 Å². The van der Waals surface area contributed by atoms with Gasteiger partial charge in [-0.05, 0) is 36.8 Å². The molecule has 5 heteroatoms. The van der Waals surface area contributed by atoms with Gasteiger partial charge in [-0.15, -0.1) is 0 Å². The first-order valence-electron chi connectivity index (χ1n) is 6.71. The van der Waals surface area contributed by atoms with E-state index in [-0.39, 0.29) is 0 Å². The molecule has 0 bridgehead atoms. The molecule has 0 radical (unpaired) electrons. The van der Waals surface area contributed by atoms with E-state index in [2.05, 4.69) is 5.10 Å². The molecule has 0 amide bonds. The van der Waals surface area contributed by atoms with Crippen molar-refractivity contribution >= 4 is 27.4 Å². The predicted octanol–water partition coefficient (Wildman–Crippen LogP) is 2.77. The summed E-state index contributed by atoms with van der Waals surface area (Å²) < 4.78 is 14.5. The van der Waals surface area contributed by atoms with Crippen LogP contribution in [0.4, 0.5) is 5.69 Å². The van der Waals surface area contributed by atoms with Crippen molar-refractivity contribution in [2.24, 2.45) is 7.05 Å². The molecule has 2 aromatic carbocycles. The molecule has 3 rings (SSSR count). The Balaban J connectivity index is 1.97. The number of para-hydroxylation sites is 1. The van der Waals surface area contributed by atoms with Crippen molar-refractivity contribution in [2.45, 2.75) is 17.6 Å². The van der Waals surface area contributed by atoms with E-state index in [0.29, 0.717) is 11.4 Å². The molecule has 0 aliphatic heterocycles. The first-order chi connectivity index (χ1) is 10.1. The minimum Gasteiger partial charge on any atom is -0.399 e. The SMILES string of the molecule is Cc1cc(N)ccc1S(=O)Cc1nn(C)c2ccccc12. The summed E-state index contributed by atoms with van der Waals surface area (Å²) in [6.45, 7) is 1.93. The molecule has 2 N–H and O–H groups in total. The molecule has 1 atom stereocenters. The Bertz CT molecular complexity index is 839. The number of anilines is 1.